The predicted molar refractivity (Wildman–Crippen MR) is 37.9 cm³/mol. The zero-order chi connectivity index (χ0) is 7.40. The molecule has 0 spiro atoms. The van der Waals surface area contributed by atoms with Gasteiger partial charge in [0.1, 0.15) is 0 Å². The second-order valence-corrected chi connectivity index (χ2v) is 1.90. The zero-order valence-corrected chi connectivity index (χ0v) is 5.74. The molecule has 0 unspecified atom stereocenters. The van der Waals surface area contributed by atoms with Crippen LogP contribution >= 0.6 is 0 Å². The van der Waals surface area contributed by atoms with Gasteiger partial charge in [-0.25, -0.2) is 4.79 Å². The first-order chi connectivity index (χ1) is 4.86. The maximum Gasteiger partial charge on any atom is 0.240 e. The Bertz CT molecular complexity index is 258. The second-order valence-electron chi connectivity index (χ2n) is 1.90. The molecule has 1 heterocycles. The van der Waals surface area contributed by atoms with Gasteiger partial charge in [0.05, 0.1) is 5.69 Å². The van der Waals surface area contributed by atoms with Gasteiger partial charge in [-0.1, -0.05) is 0 Å². The molecule has 52 valence electrons. The summed E-state index contributed by atoms with van der Waals surface area (Å²) in [7, 11) is 0. The van der Waals surface area contributed by atoms with Gasteiger partial charge in [0.2, 0.25) is 6.08 Å². The summed E-state index contributed by atoms with van der Waals surface area (Å²) in [5.74, 6) is 0. The van der Waals surface area contributed by atoms with Crippen LogP contribution in [0.1, 0.15) is 6.92 Å². The molecule has 0 atom stereocenters. The average molecular weight is 136 g/mol. The second kappa shape index (κ2) is 2.99. The lowest BCUT2D eigenvalue weighted by molar-refractivity contribution is 0.565. The van der Waals surface area contributed by atoms with Gasteiger partial charge in [-0.3, -0.25) is 0 Å². The van der Waals surface area contributed by atoms with Gasteiger partial charge in [0.15, 0.2) is 0 Å². The van der Waals surface area contributed by atoms with Crippen LogP contribution in [-0.2, 0) is 11.3 Å². The van der Waals surface area contributed by atoms with Crippen molar-refractivity contribution >= 4 is 11.8 Å². The molecule has 0 aliphatic rings. The van der Waals surface area contributed by atoms with Crippen LogP contribution in [0.3, 0.4) is 0 Å². The van der Waals surface area contributed by atoms with Crippen LogP contribution < -0.4 is 0 Å². The maximum absolute atomic E-state index is 9.77. The summed E-state index contributed by atoms with van der Waals surface area (Å²) in [6.07, 6.45) is 5.15. The largest absolute Gasteiger partial charge is 0.352 e. The molecule has 0 saturated carbocycles. The fourth-order valence-corrected chi connectivity index (χ4v) is 0.744. The van der Waals surface area contributed by atoms with Gasteiger partial charge in [0.25, 0.3) is 0 Å². The third-order valence-electron chi connectivity index (χ3n) is 1.27. The number of aromatic nitrogens is 1. The molecule has 1 aromatic rings. The number of nitrogens with zero attached hydrogens (tertiary/aromatic N) is 2. The van der Waals surface area contributed by atoms with Gasteiger partial charge in [-0.15, -0.1) is 0 Å². The Balaban J connectivity index is 2.87. The van der Waals surface area contributed by atoms with Crippen molar-refractivity contribution in [2.45, 2.75) is 13.5 Å². The lowest BCUT2D eigenvalue weighted by Crippen LogP contribution is -1.85. The first-order valence-electron chi connectivity index (χ1n) is 3.10. The van der Waals surface area contributed by atoms with Gasteiger partial charge < -0.3 is 4.57 Å². The fourth-order valence-electron chi connectivity index (χ4n) is 0.744. The minimum atomic E-state index is 0.664. The van der Waals surface area contributed by atoms with Crippen LogP contribution in [0, 0.1) is 0 Å². The molecule has 1 aromatic heterocycles. The average Bonchev–Trinajstić information content (AvgIpc) is 2.37. The highest BCUT2D eigenvalue weighted by atomic mass is 16.1. The monoisotopic (exact) mass is 136 g/mol. The van der Waals surface area contributed by atoms with Crippen LogP contribution in [0.5, 0.6) is 0 Å². The van der Waals surface area contributed by atoms with E-state index in [0.29, 0.717) is 5.69 Å². The molecule has 10 heavy (non-hydrogen) atoms. The summed E-state index contributed by atoms with van der Waals surface area (Å²) in [5.41, 5.74) is 0.664. The highest BCUT2D eigenvalue weighted by Crippen LogP contribution is 2.09. The molecule has 1 rings (SSSR count). The third-order valence-corrected chi connectivity index (χ3v) is 1.27. The number of aliphatic imine (C=N–C) groups is 1. The highest BCUT2D eigenvalue weighted by Gasteiger charge is 1.89. The topological polar surface area (TPSA) is 34.4 Å². The van der Waals surface area contributed by atoms with Gasteiger partial charge >= 0.3 is 0 Å². The maximum atomic E-state index is 9.77. The lowest BCUT2D eigenvalue weighted by atomic mass is 10.6. The highest BCUT2D eigenvalue weighted by molar-refractivity contribution is 5.47. The molecule has 0 fully saturated rings. The van der Waals surface area contributed by atoms with Crippen molar-refractivity contribution in [1.29, 1.82) is 0 Å². The summed E-state index contributed by atoms with van der Waals surface area (Å²) >= 11 is 0. The molecule has 3 nitrogen and oxygen atoms in total. The molecule has 0 radical (unpaired) electrons. The molecule has 0 amide bonds. The molecule has 3 heteroatoms. The first-order valence-corrected chi connectivity index (χ1v) is 3.10. The van der Waals surface area contributed by atoms with E-state index in [1.165, 1.54) is 6.08 Å². The van der Waals surface area contributed by atoms with E-state index in [1.54, 1.807) is 12.3 Å². The molecule has 0 bridgehead atoms. The zero-order valence-electron chi connectivity index (χ0n) is 5.74. The number of rotatable bonds is 2. The smallest absolute Gasteiger partial charge is 0.240 e. The number of carbonyl (C=O) groups excluding carboxylic acids is 1. The summed E-state index contributed by atoms with van der Waals surface area (Å²) in [6.45, 7) is 2.92. The SMILES string of the molecule is CCn1ccc(N=C=O)c1. The Kier molecular flexibility index (Phi) is 2.03. The van der Waals surface area contributed by atoms with E-state index in [-0.39, 0.29) is 0 Å². The van der Waals surface area contributed by atoms with Crippen LogP contribution in [0.2, 0.25) is 0 Å². The van der Waals surface area contributed by atoms with Crippen molar-refractivity contribution in [1.82, 2.24) is 4.57 Å². The minimum Gasteiger partial charge on any atom is -0.352 e. The summed E-state index contributed by atoms with van der Waals surface area (Å²) < 4.78 is 1.94. The number of aryl methyl sites for hydroxylation is 1. The van der Waals surface area contributed by atoms with E-state index in [4.69, 9.17) is 0 Å². The molecule has 0 aliphatic carbocycles. The van der Waals surface area contributed by atoms with Crippen molar-refractivity contribution in [3.8, 4) is 0 Å². The van der Waals surface area contributed by atoms with Crippen molar-refractivity contribution in [2.24, 2.45) is 4.99 Å². The normalized spacial score (nSPS) is 8.90. The van der Waals surface area contributed by atoms with E-state index < -0.39 is 0 Å². The van der Waals surface area contributed by atoms with Crippen LogP contribution in [0.25, 0.3) is 0 Å². The third kappa shape index (κ3) is 1.33. The molecule has 0 N–H and O–H groups in total. The first kappa shape index (κ1) is 6.78. The Morgan fingerprint density at radius 2 is 2.60 bits per heavy atom. The molecular formula is C7H8N2O. The van der Waals surface area contributed by atoms with E-state index in [2.05, 4.69) is 4.99 Å². The summed E-state index contributed by atoms with van der Waals surface area (Å²) in [5, 5.41) is 0. The van der Waals surface area contributed by atoms with Gasteiger partial charge in [0, 0.05) is 18.9 Å². The Hall–Kier alpha value is -1.34. The lowest BCUT2D eigenvalue weighted by Gasteiger charge is -1.90. The van der Waals surface area contributed by atoms with E-state index in [1.807, 2.05) is 17.7 Å². The molecule has 0 aromatic carbocycles. The van der Waals surface area contributed by atoms with Crippen LogP contribution in [-0.4, -0.2) is 10.6 Å². The minimum absolute atomic E-state index is 0.664. The number of hydrogen-bond donors (Lipinski definition) is 0. The van der Waals surface area contributed by atoms with Gasteiger partial charge in [-0.2, -0.15) is 4.99 Å². The van der Waals surface area contributed by atoms with Crippen molar-refractivity contribution in [2.75, 3.05) is 0 Å². The summed E-state index contributed by atoms with van der Waals surface area (Å²) in [4.78, 5) is 13.2. The van der Waals surface area contributed by atoms with Crippen LogP contribution in [0.4, 0.5) is 5.69 Å². The number of isocyanates is 1. The van der Waals surface area contributed by atoms with Crippen molar-refractivity contribution in [3.05, 3.63) is 18.5 Å². The molecule has 0 aliphatic heterocycles. The van der Waals surface area contributed by atoms with E-state index in [0.717, 1.165) is 6.54 Å². The van der Waals surface area contributed by atoms with E-state index >= 15 is 0 Å². The van der Waals surface area contributed by atoms with E-state index in [9.17, 15) is 4.79 Å². The Morgan fingerprint density at radius 1 is 1.80 bits per heavy atom. The quantitative estimate of drug-likeness (QED) is 0.448. The fraction of sp³-hybridized carbons (Fsp3) is 0.286. The van der Waals surface area contributed by atoms with Crippen molar-refractivity contribution < 1.29 is 4.79 Å². The van der Waals surface area contributed by atoms with Crippen LogP contribution in [0.15, 0.2) is 23.5 Å². The molecular weight excluding hydrogens is 128 g/mol. The van der Waals surface area contributed by atoms with Gasteiger partial charge in [-0.05, 0) is 13.0 Å². The number of hydrogen-bond acceptors (Lipinski definition) is 2. The standard InChI is InChI=1S/C7H8N2O/c1-2-9-4-3-7(5-9)8-6-10/h3-5H,2H2,1H3. The van der Waals surface area contributed by atoms with Crippen molar-refractivity contribution in [3.63, 3.8) is 0 Å². The predicted octanol–water partition coefficient (Wildman–Crippen LogP) is 1.48. The summed E-state index contributed by atoms with van der Waals surface area (Å²) in [6, 6.07) is 1.77. The Morgan fingerprint density at radius 3 is 3.10 bits per heavy atom. The molecule has 0 saturated heterocycles. The Labute approximate surface area is 59.0 Å².